The molecule has 0 amide bonds. The third-order valence-corrected chi connectivity index (χ3v) is 3.11. The molecule has 4 heteroatoms. The van der Waals surface area contributed by atoms with E-state index in [1.807, 2.05) is 6.92 Å². The van der Waals surface area contributed by atoms with Gasteiger partial charge in [0.25, 0.3) is 0 Å². The predicted octanol–water partition coefficient (Wildman–Crippen LogP) is 2.15. The van der Waals surface area contributed by atoms with Gasteiger partial charge in [0.15, 0.2) is 0 Å². The van der Waals surface area contributed by atoms with Crippen molar-refractivity contribution in [3.63, 3.8) is 0 Å². The van der Waals surface area contributed by atoms with E-state index in [1.54, 1.807) is 7.11 Å². The summed E-state index contributed by atoms with van der Waals surface area (Å²) in [5.74, 6) is 1.54. The van der Waals surface area contributed by atoms with Crippen LogP contribution in [0.15, 0.2) is 6.33 Å². The SMILES string of the molecule is COc1ncnc(NC2(C)CCC2)c1C. The minimum atomic E-state index is 0.212. The average Bonchev–Trinajstić information content (AvgIpc) is 2.19. The Morgan fingerprint density at radius 1 is 1.40 bits per heavy atom. The molecule has 1 aromatic rings. The molecule has 2 rings (SSSR count). The van der Waals surface area contributed by atoms with Gasteiger partial charge in [-0.3, -0.25) is 0 Å². The Bertz CT molecular complexity index is 361. The lowest BCUT2D eigenvalue weighted by molar-refractivity contribution is 0.305. The molecule has 1 aliphatic rings. The monoisotopic (exact) mass is 207 g/mol. The molecule has 0 radical (unpaired) electrons. The van der Waals surface area contributed by atoms with Gasteiger partial charge < -0.3 is 10.1 Å². The first kappa shape index (κ1) is 10.2. The van der Waals surface area contributed by atoms with Crippen molar-refractivity contribution in [3.05, 3.63) is 11.9 Å². The van der Waals surface area contributed by atoms with E-state index in [9.17, 15) is 0 Å². The zero-order chi connectivity index (χ0) is 10.9. The van der Waals surface area contributed by atoms with Crippen LogP contribution in [-0.2, 0) is 0 Å². The molecule has 0 atom stereocenters. The summed E-state index contributed by atoms with van der Waals surface area (Å²) in [6, 6.07) is 0. The third-order valence-electron chi connectivity index (χ3n) is 3.11. The summed E-state index contributed by atoms with van der Waals surface area (Å²) < 4.78 is 5.16. The van der Waals surface area contributed by atoms with Gasteiger partial charge in [0.05, 0.1) is 12.7 Å². The Hall–Kier alpha value is -1.32. The van der Waals surface area contributed by atoms with Gasteiger partial charge in [-0.2, -0.15) is 0 Å². The van der Waals surface area contributed by atoms with E-state index < -0.39 is 0 Å². The summed E-state index contributed by atoms with van der Waals surface area (Å²) in [6.07, 6.45) is 5.25. The van der Waals surface area contributed by atoms with Crippen LogP contribution in [0.4, 0.5) is 5.82 Å². The van der Waals surface area contributed by atoms with Gasteiger partial charge in [0, 0.05) is 5.54 Å². The van der Waals surface area contributed by atoms with Gasteiger partial charge in [-0.15, -0.1) is 0 Å². The van der Waals surface area contributed by atoms with Crippen molar-refractivity contribution in [2.45, 2.75) is 38.6 Å². The number of anilines is 1. The summed E-state index contributed by atoms with van der Waals surface area (Å²) in [5, 5.41) is 3.47. The standard InChI is InChI=1S/C11H17N3O/c1-8-9(12-7-13-10(8)15-3)14-11(2)5-4-6-11/h7H,4-6H2,1-3H3,(H,12,13,14). The lowest BCUT2D eigenvalue weighted by atomic mass is 9.78. The smallest absolute Gasteiger partial charge is 0.221 e. The molecule has 0 spiro atoms. The molecular weight excluding hydrogens is 190 g/mol. The Kier molecular flexibility index (Phi) is 2.50. The summed E-state index contributed by atoms with van der Waals surface area (Å²) in [7, 11) is 1.63. The van der Waals surface area contributed by atoms with E-state index in [0.717, 1.165) is 11.4 Å². The van der Waals surface area contributed by atoms with Crippen LogP contribution in [0.5, 0.6) is 5.88 Å². The molecule has 4 nitrogen and oxygen atoms in total. The van der Waals surface area contributed by atoms with Crippen LogP contribution >= 0.6 is 0 Å². The van der Waals surface area contributed by atoms with Gasteiger partial charge in [-0.05, 0) is 33.1 Å². The number of nitrogens with one attached hydrogen (secondary N) is 1. The average molecular weight is 207 g/mol. The topological polar surface area (TPSA) is 47.0 Å². The number of ether oxygens (including phenoxy) is 1. The second-order valence-corrected chi connectivity index (χ2v) is 4.40. The normalized spacial score (nSPS) is 18.1. The van der Waals surface area contributed by atoms with Crippen LogP contribution in [0.3, 0.4) is 0 Å². The highest BCUT2D eigenvalue weighted by atomic mass is 16.5. The molecule has 1 aromatic heterocycles. The lowest BCUT2D eigenvalue weighted by Crippen LogP contribution is -2.42. The fourth-order valence-electron chi connectivity index (χ4n) is 1.88. The Balaban J connectivity index is 2.20. The van der Waals surface area contributed by atoms with Crippen LogP contribution in [0.1, 0.15) is 31.7 Å². The Morgan fingerprint density at radius 2 is 2.13 bits per heavy atom. The van der Waals surface area contributed by atoms with Crippen molar-refractivity contribution in [3.8, 4) is 5.88 Å². The molecule has 0 bridgehead atoms. The summed E-state index contributed by atoms with van der Waals surface area (Å²) in [4.78, 5) is 8.31. The van der Waals surface area contributed by atoms with E-state index in [4.69, 9.17) is 4.74 Å². The molecule has 15 heavy (non-hydrogen) atoms. The van der Waals surface area contributed by atoms with Crippen molar-refractivity contribution < 1.29 is 4.74 Å². The summed E-state index contributed by atoms with van der Waals surface area (Å²) in [6.45, 7) is 4.20. The molecule has 0 unspecified atom stereocenters. The highest BCUT2D eigenvalue weighted by Crippen LogP contribution is 2.35. The molecule has 1 N–H and O–H groups in total. The molecule has 0 saturated heterocycles. The molecule has 1 saturated carbocycles. The predicted molar refractivity (Wildman–Crippen MR) is 59.2 cm³/mol. The zero-order valence-electron chi connectivity index (χ0n) is 9.50. The Morgan fingerprint density at radius 3 is 2.67 bits per heavy atom. The minimum Gasteiger partial charge on any atom is -0.481 e. The second kappa shape index (κ2) is 3.68. The number of hydrogen-bond acceptors (Lipinski definition) is 4. The maximum Gasteiger partial charge on any atom is 0.221 e. The molecule has 1 fully saturated rings. The van der Waals surface area contributed by atoms with Gasteiger partial charge >= 0.3 is 0 Å². The van der Waals surface area contributed by atoms with E-state index in [1.165, 1.54) is 25.6 Å². The van der Waals surface area contributed by atoms with E-state index in [0.29, 0.717) is 5.88 Å². The van der Waals surface area contributed by atoms with Crippen LogP contribution in [-0.4, -0.2) is 22.6 Å². The molecule has 0 aromatic carbocycles. The number of nitrogens with zero attached hydrogens (tertiary/aromatic N) is 2. The van der Waals surface area contributed by atoms with E-state index in [2.05, 4.69) is 22.2 Å². The number of hydrogen-bond donors (Lipinski definition) is 1. The van der Waals surface area contributed by atoms with Crippen molar-refractivity contribution >= 4 is 5.82 Å². The molecule has 0 aliphatic heterocycles. The zero-order valence-corrected chi connectivity index (χ0v) is 9.50. The van der Waals surface area contributed by atoms with Gasteiger partial charge in [0.2, 0.25) is 5.88 Å². The van der Waals surface area contributed by atoms with Crippen LogP contribution in [0.2, 0.25) is 0 Å². The van der Waals surface area contributed by atoms with Crippen LogP contribution < -0.4 is 10.1 Å². The first-order chi connectivity index (χ1) is 7.14. The maximum atomic E-state index is 5.16. The number of methoxy groups -OCH3 is 1. The van der Waals surface area contributed by atoms with Crippen LogP contribution in [0.25, 0.3) is 0 Å². The molecule has 1 aliphatic carbocycles. The van der Waals surface area contributed by atoms with Crippen molar-refractivity contribution in [1.29, 1.82) is 0 Å². The third kappa shape index (κ3) is 1.89. The van der Waals surface area contributed by atoms with Crippen LogP contribution in [0, 0.1) is 6.92 Å². The first-order valence-corrected chi connectivity index (χ1v) is 5.28. The van der Waals surface area contributed by atoms with Crippen molar-refractivity contribution in [1.82, 2.24) is 9.97 Å². The number of rotatable bonds is 3. The lowest BCUT2D eigenvalue weighted by Gasteiger charge is -2.39. The quantitative estimate of drug-likeness (QED) is 0.825. The number of aromatic nitrogens is 2. The minimum absolute atomic E-state index is 0.212. The fourth-order valence-corrected chi connectivity index (χ4v) is 1.88. The highest BCUT2D eigenvalue weighted by molar-refractivity contribution is 5.49. The molecule has 1 heterocycles. The van der Waals surface area contributed by atoms with Gasteiger partial charge in [0.1, 0.15) is 12.1 Å². The summed E-state index contributed by atoms with van der Waals surface area (Å²) >= 11 is 0. The largest absolute Gasteiger partial charge is 0.481 e. The van der Waals surface area contributed by atoms with E-state index in [-0.39, 0.29) is 5.54 Å². The fraction of sp³-hybridized carbons (Fsp3) is 0.636. The molecular formula is C11H17N3O. The van der Waals surface area contributed by atoms with Gasteiger partial charge in [-0.25, -0.2) is 9.97 Å². The molecule has 82 valence electrons. The second-order valence-electron chi connectivity index (χ2n) is 4.40. The van der Waals surface area contributed by atoms with Gasteiger partial charge in [-0.1, -0.05) is 0 Å². The van der Waals surface area contributed by atoms with E-state index >= 15 is 0 Å². The summed E-state index contributed by atoms with van der Waals surface area (Å²) in [5.41, 5.74) is 1.19. The first-order valence-electron chi connectivity index (χ1n) is 5.28. The van der Waals surface area contributed by atoms with Crippen molar-refractivity contribution in [2.24, 2.45) is 0 Å². The highest BCUT2D eigenvalue weighted by Gasteiger charge is 2.32. The Labute approximate surface area is 90.1 Å². The maximum absolute atomic E-state index is 5.16. The van der Waals surface area contributed by atoms with Crippen molar-refractivity contribution in [2.75, 3.05) is 12.4 Å².